The standard InChI is InChI=1S/C18H36N3O2P.C14H25NO3/c1-7-12-20-13-10-18(17(20)8-2)23-24(22-14-9-11-19)21(15(3)4)16(5)6;1-4-9-15-10-8-13(12(15)5-2)18-14(17)7-6-11(3)16/h15-18H,7-10,12-14H2,1-6H3;12-13H,4-10H2,1-3H3/t17-,18+,24?;12-,13+/m00/s1. The van der Waals surface area contributed by atoms with Crippen molar-refractivity contribution in [2.24, 2.45) is 0 Å². The number of esters is 1. The number of nitrogens with zero attached hydrogens (tertiary/aromatic N) is 4. The van der Waals surface area contributed by atoms with Crippen LogP contribution >= 0.6 is 8.53 Å². The minimum absolute atomic E-state index is 0.0148. The van der Waals surface area contributed by atoms with Crippen molar-refractivity contribution in [1.82, 2.24) is 14.5 Å². The lowest BCUT2D eigenvalue weighted by atomic mass is 10.1. The number of ether oxygens (including phenoxy) is 1. The van der Waals surface area contributed by atoms with E-state index in [-0.39, 0.29) is 30.4 Å². The van der Waals surface area contributed by atoms with Crippen molar-refractivity contribution in [2.75, 3.05) is 32.8 Å². The topological polar surface area (TPSA) is 95.3 Å². The van der Waals surface area contributed by atoms with Crippen molar-refractivity contribution < 1.29 is 23.4 Å². The van der Waals surface area contributed by atoms with Gasteiger partial charge in [-0.1, -0.05) is 27.7 Å². The van der Waals surface area contributed by atoms with Gasteiger partial charge in [0.25, 0.3) is 8.53 Å². The predicted molar refractivity (Wildman–Crippen MR) is 171 cm³/mol. The number of carbonyl (C=O) groups excluding carboxylic acids is 2. The molecule has 0 saturated carbocycles. The summed E-state index contributed by atoms with van der Waals surface area (Å²) in [4.78, 5) is 27.4. The predicted octanol–water partition coefficient (Wildman–Crippen LogP) is 6.70. The third kappa shape index (κ3) is 13.2. The highest BCUT2D eigenvalue weighted by molar-refractivity contribution is 7.44. The van der Waals surface area contributed by atoms with E-state index >= 15 is 0 Å². The second-order valence-corrected chi connectivity index (χ2v) is 13.4. The minimum Gasteiger partial charge on any atom is -0.461 e. The summed E-state index contributed by atoms with van der Waals surface area (Å²) in [6.07, 6.45) is 7.58. The summed E-state index contributed by atoms with van der Waals surface area (Å²) in [6, 6.07) is 3.70. The van der Waals surface area contributed by atoms with E-state index < -0.39 is 8.53 Å². The van der Waals surface area contributed by atoms with E-state index in [1.165, 1.54) is 13.3 Å². The summed E-state index contributed by atoms with van der Waals surface area (Å²) < 4.78 is 20.4. The zero-order valence-electron chi connectivity index (χ0n) is 28.1. The number of hydrogen-bond acceptors (Lipinski definition) is 9. The number of likely N-dealkylation sites (tertiary alicyclic amines) is 2. The highest BCUT2D eigenvalue weighted by Crippen LogP contribution is 2.49. The van der Waals surface area contributed by atoms with Crippen LogP contribution in [0.4, 0.5) is 0 Å². The molecule has 2 rings (SSSR count). The van der Waals surface area contributed by atoms with E-state index in [0.29, 0.717) is 43.6 Å². The Morgan fingerprint density at radius 3 is 1.88 bits per heavy atom. The minimum atomic E-state index is -1.13. The van der Waals surface area contributed by atoms with Crippen LogP contribution in [-0.4, -0.2) is 95.4 Å². The van der Waals surface area contributed by atoms with Gasteiger partial charge in [-0.05, 0) is 86.2 Å². The molecule has 1 unspecified atom stereocenters. The van der Waals surface area contributed by atoms with Gasteiger partial charge in [0.05, 0.1) is 31.6 Å². The summed E-state index contributed by atoms with van der Waals surface area (Å²) in [5, 5.41) is 8.81. The monoisotopic (exact) mass is 612 g/mol. The molecule has 0 aromatic rings. The van der Waals surface area contributed by atoms with Gasteiger partial charge in [-0.15, -0.1) is 0 Å². The second-order valence-electron chi connectivity index (χ2n) is 12.0. The Kier molecular flexibility index (Phi) is 19.9. The van der Waals surface area contributed by atoms with E-state index in [1.807, 2.05) is 0 Å². The Morgan fingerprint density at radius 1 is 0.905 bits per heavy atom. The van der Waals surface area contributed by atoms with Crippen molar-refractivity contribution in [2.45, 2.75) is 156 Å². The largest absolute Gasteiger partial charge is 0.461 e. The number of Topliss-reactive ketones (excluding diaryl/α,β-unsaturated/α-hetero) is 1. The van der Waals surface area contributed by atoms with E-state index in [0.717, 1.165) is 58.3 Å². The number of nitriles is 1. The Balaban J connectivity index is 0.000000437. The number of ketones is 1. The highest BCUT2D eigenvalue weighted by atomic mass is 31.2. The molecule has 42 heavy (non-hydrogen) atoms. The highest BCUT2D eigenvalue weighted by Gasteiger charge is 2.38. The lowest BCUT2D eigenvalue weighted by Gasteiger charge is -2.38. The molecule has 0 N–H and O–H groups in total. The first-order chi connectivity index (χ1) is 20.0. The van der Waals surface area contributed by atoms with Gasteiger partial charge in [0.1, 0.15) is 11.9 Å². The van der Waals surface area contributed by atoms with Gasteiger partial charge in [0.2, 0.25) is 0 Å². The van der Waals surface area contributed by atoms with Crippen molar-refractivity contribution in [3.8, 4) is 6.07 Å². The molecule has 2 aliphatic rings. The quantitative estimate of drug-likeness (QED) is 0.0951. The fourth-order valence-corrected chi connectivity index (χ4v) is 7.90. The molecule has 10 heteroatoms. The lowest BCUT2D eigenvalue weighted by molar-refractivity contribution is -0.151. The molecular formula is C32H61N4O5P. The average Bonchev–Trinajstić information content (AvgIpc) is 3.50. The van der Waals surface area contributed by atoms with Crippen LogP contribution in [0.15, 0.2) is 0 Å². The number of carbonyl (C=O) groups is 2. The van der Waals surface area contributed by atoms with Gasteiger partial charge in [-0.3, -0.25) is 14.6 Å². The summed E-state index contributed by atoms with van der Waals surface area (Å²) >= 11 is 0. The van der Waals surface area contributed by atoms with Gasteiger partial charge < -0.3 is 18.6 Å². The molecular weight excluding hydrogens is 551 g/mol. The molecule has 0 spiro atoms. The van der Waals surface area contributed by atoms with Gasteiger partial charge >= 0.3 is 5.97 Å². The van der Waals surface area contributed by atoms with Crippen LogP contribution in [0.1, 0.15) is 120 Å². The van der Waals surface area contributed by atoms with E-state index in [2.05, 4.69) is 75.9 Å². The number of rotatable bonds is 18. The molecule has 2 fully saturated rings. The Hall–Kier alpha value is -1.14. The molecule has 0 aliphatic carbocycles. The zero-order chi connectivity index (χ0) is 31.7. The third-order valence-electron chi connectivity index (χ3n) is 7.91. The van der Waals surface area contributed by atoms with Crippen LogP contribution in [-0.2, 0) is 23.4 Å². The summed E-state index contributed by atoms with van der Waals surface area (Å²) in [7, 11) is -1.13. The first kappa shape index (κ1) is 38.9. The van der Waals surface area contributed by atoms with Crippen molar-refractivity contribution in [1.29, 1.82) is 5.26 Å². The molecule has 0 aromatic carbocycles. The molecule has 2 saturated heterocycles. The molecule has 9 nitrogen and oxygen atoms in total. The molecule has 5 atom stereocenters. The maximum atomic E-state index is 11.6. The first-order valence-electron chi connectivity index (χ1n) is 16.5. The van der Waals surface area contributed by atoms with Crippen molar-refractivity contribution in [3.63, 3.8) is 0 Å². The summed E-state index contributed by atoms with van der Waals surface area (Å²) in [5.41, 5.74) is 0. The van der Waals surface area contributed by atoms with Crippen LogP contribution in [0.25, 0.3) is 0 Å². The molecule has 0 radical (unpaired) electrons. The van der Waals surface area contributed by atoms with Gasteiger partial charge in [0, 0.05) is 43.7 Å². The van der Waals surface area contributed by atoms with Gasteiger partial charge in [-0.2, -0.15) is 5.26 Å². The van der Waals surface area contributed by atoms with Crippen LogP contribution < -0.4 is 0 Å². The van der Waals surface area contributed by atoms with Crippen LogP contribution in [0.5, 0.6) is 0 Å². The van der Waals surface area contributed by atoms with Gasteiger partial charge in [0.15, 0.2) is 0 Å². The third-order valence-corrected chi connectivity index (χ3v) is 10.1. The van der Waals surface area contributed by atoms with Crippen molar-refractivity contribution >= 4 is 20.3 Å². The molecule has 2 heterocycles. The normalized spacial score (nSPS) is 23.7. The summed E-state index contributed by atoms with van der Waals surface area (Å²) in [6.45, 7) is 23.8. The zero-order valence-corrected chi connectivity index (χ0v) is 29.0. The maximum Gasteiger partial charge on any atom is 0.306 e. The average molecular weight is 613 g/mol. The fourth-order valence-electron chi connectivity index (χ4n) is 6.12. The maximum absolute atomic E-state index is 11.6. The Morgan fingerprint density at radius 2 is 1.43 bits per heavy atom. The smallest absolute Gasteiger partial charge is 0.306 e. The molecule has 0 aromatic heterocycles. The van der Waals surface area contributed by atoms with E-state index in [1.54, 1.807) is 0 Å². The SMILES string of the molecule is CCCN1CC[C@@H](OC(=O)CCC(C)=O)[C@@H]1CC.CCCN1CC[C@@H](OP(OCCC#N)N(C(C)C)C(C)C)[C@@H]1CC. The number of hydrogen-bond donors (Lipinski definition) is 0. The van der Waals surface area contributed by atoms with Gasteiger partial charge in [-0.25, -0.2) is 4.67 Å². The molecule has 244 valence electrons. The fraction of sp³-hybridized carbons (Fsp3) is 0.906. The first-order valence-corrected chi connectivity index (χ1v) is 17.6. The van der Waals surface area contributed by atoms with E-state index in [4.69, 9.17) is 19.0 Å². The van der Waals surface area contributed by atoms with Crippen LogP contribution in [0.2, 0.25) is 0 Å². The Bertz CT molecular complexity index is 800. The molecule has 0 amide bonds. The summed E-state index contributed by atoms with van der Waals surface area (Å²) in [5.74, 6) is -0.190. The molecule has 2 aliphatic heterocycles. The van der Waals surface area contributed by atoms with Crippen LogP contribution in [0.3, 0.4) is 0 Å². The lowest BCUT2D eigenvalue weighted by Crippen LogP contribution is -2.38. The van der Waals surface area contributed by atoms with Crippen molar-refractivity contribution in [3.05, 3.63) is 0 Å². The Labute approximate surface area is 258 Å². The van der Waals surface area contributed by atoms with Crippen LogP contribution in [0, 0.1) is 11.3 Å². The second kappa shape index (κ2) is 21.5. The van der Waals surface area contributed by atoms with E-state index in [9.17, 15) is 9.59 Å². The molecule has 0 bridgehead atoms.